The van der Waals surface area contributed by atoms with E-state index in [0.29, 0.717) is 29.9 Å². The van der Waals surface area contributed by atoms with Gasteiger partial charge in [-0.2, -0.15) is 13.2 Å². The van der Waals surface area contributed by atoms with Gasteiger partial charge in [-0.3, -0.25) is 9.97 Å². The van der Waals surface area contributed by atoms with Crippen molar-refractivity contribution < 1.29 is 17.9 Å². The number of nitrogens with zero attached hydrogens (tertiary/aromatic N) is 4. The molecule has 2 aliphatic carbocycles. The summed E-state index contributed by atoms with van der Waals surface area (Å²) >= 11 is 0. The molecule has 0 unspecified atom stereocenters. The molecule has 3 aromatic heterocycles. The average Bonchev–Trinajstić information content (AvgIpc) is 3.64. The highest BCUT2D eigenvalue weighted by Crippen LogP contribution is 2.90. The van der Waals surface area contributed by atoms with Gasteiger partial charge in [0.1, 0.15) is 5.52 Å². The normalized spacial score (nSPS) is 26.4. The summed E-state index contributed by atoms with van der Waals surface area (Å²) in [6.07, 6.45) is -0.436. The number of hydrogen-bond acceptors (Lipinski definition) is 5. The van der Waals surface area contributed by atoms with Crippen LogP contribution in [0.1, 0.15) is 60.1 Å². The topological polar surface area (TPSA) is 60.8 Å². The van der Waals surface area contributed by atoms with E-state index < -0.39 is 17.0 Å². The van der Waals surface area contributed by atoms with Crippen LogP contribution in [-0.2, 0) is 10.2 Å². The van der Waals surface area contributed by atoms with Gasteiger partial charge in [-0.15, -0.1) is 0 Å². The van der Waals surface area contributed by atoms with Crippen LogP contribution in [0.3, 0.4) is 0 Å². The van der Waals surface area contributed by atoms with Crippen molar-refractivity contribution in [3.05, 3.63) is 58.9 Å². The Labute approximate surface area is 190 Å². The molecule has 0 spiro atoms. The molecule has 174 valence electrons. The summed E-state index contributed by atoms with van der Waals surface area (Å²) < 4.78 is 46.0. The lowest BCUT2D eigenvalue weighted by atomic mass is 9.94. The van der Waals surface area contributed by atoms with Gasteiger partial charge in [0.15, 0.2) is 0 Å². The molecule has 0 aromatic carbocycles. The van der Waals surface area contributed by atoms with Crippen molar-refractivity contribution in [1.82, 2.24) is 19.9 Å². The summed E-state index contributed by atoms with van der Waals surface area (Å²) in [6.45, 7) is 7.01. The standard InChI is InChI=1S/C19H20F3N3O.C6H7N/c1-10-11(2)24-15-14(23-10)7-13(12-3-5-26-6-4-12)25-16(15)17-8-18(17,9-17)19(20,21)22;1-6-4-2-3-5-7-6/h7,12H,3-6,8-9H2,1-2H3;2-5H,1H3. The molecule has 0 N–H and O–H groups in total. The van der Waals surface area contributed by atoms with Crippen molar-refractivity contribution in [3.8, 4) is 0 Å². The van der Waals surface area contributed by atoms with Crippen LogP contribution < -0.4 is 0 Å². The molecule has 5 nitrogen and oxygen atoms in total. The number of hydrogen-bond donors (Lipinski definition) is 0. The van der Waals surface area contributed by atoms with Gasteiger partial charge in [0.25, 0.3) is 0 Å². The van der Waals surface area contributed by atoms with Crippen molar-refractivity contribution in [2.24, 2.45) is 5.41 Å². The van der Waals surface area contributed by atoms with Crippen LogP contribution in [-0.4, -0.2) is 39.3 Å². The van der Waals surface area contributed by atoms with Crippen molar-refractivity contribution in [2.75, 3.05) is 13.2 Å². The molecule has 0 amide bonds. The lowest BCUT2D eigenvalue weighted by Gasteiger charge is -2.23. The van der Waals surface area contributed by atoms with Gasteiger partial charge >= 0.3 is 6.18 Å². The van der Waals surface area contributed by atoms with Gasteiger partial charge in [-0.1, -0.05) is 6.07 Å². The van der Waals surface area contributed by atoms with E-state index in [1.165, 1.54) is 0 Å². The Morgan fingerprint density at radius 1 is 0.970 bits per heavy atom. The van der Waals surface area contributed by atoms with Crippen LogP contribution in [0.15, 0.2) is 30.5 Å². The van der Waals surface area contributed by atoms with E-state index in [0.717, 1.165) is 35.6 Å². The van der Waals surface area contributed by atoms with E-state index >= 15 is 0 Å². The Balaban J connectivity index is 0.000000281. The first-order valence-corrected chi connectivity index (χ1v) is 11.4. The zero-order valence-corrected chi connectivity index (χ0v) is 19.0. The fraction of sp³-hybridized carbons (Fsp3) is 0.520. The number of aromatic nitrogens is 4. The van der Waals surface area contributed by atoms with E-state index in [4.69, 9.17) is 9.72 Å². The SMILES string of the molecule is Cc1ccccn1.Cc1nc2cc(C3CCOCC3)nc(C34CC3(C(F)(F)F)C4)c2nc1C. The maximum absolute atomic E-state index is 13.5. The molecular formula is C25H27F3N4O. The molecule has 0 radical (unpaired) electrons. The first-order chi connectivity index (χ1) is 15.7. The van der Waals surface area contributed by atoms with E-state index in [1.54, 1.807) is 6.20 Å². The predicted octanol–water partition coefficient (Wildman–Crippen LogP) is 5.52. The molecule has 33 heavy (non-hydrogen) atoms. The molecule has 3 aliphatic rings. The van der Waals surface area contributed by atoms with Gasteiger partial charge in [-0.25, -0.2) is 9.97 Å². The van der Waals surface area contributed by atoms with Crippen molar-refractivity contribution in [3.63, 3.8) is 0 Å². The maximum atomic E-state index is 13.5. The van der Waals surface area contributed by atoms with Crippen molar-refractivity contribution >= 4 is 11.0 Å². The fourth-order valence-electron chi connectivity index (χ4n) is 4.99. The van der Waals surface area contributed by atoms with Gasteiger partial charge < -0.3 is 4.74 Å². The molecule has 1 aliphatic heterocycles. The second kappa shape index (κ2) is 7.72. The van der Waals surface area contributed by atoms with Gasteiger partial charge in [-0.05, 0) is 64.7 Å². The molecule has 0 atom stereocenters. The summed E-state index contributed by atoms with van der Waals surface area (Å²) in [4.78, 5) is 18.0. The highest BCUT2D eigenvalue weighted by molar-refractivity contribution is 5.81. The predicted molar refractivity (Wildman–Crippen MR) is 118 cm³/mol. The van der Waals surface area contributed by atoms with E-state index in [1.807, 2.05) is 45.0 Å². The monoisotopic (exact) mass is 456 g/mol. The Bertz CT molecular complexity index is 1180. The highest BCUT2D eigenvalue weighted by Gasteiger charge is 2.94. The first-order valence-electron chi connectivity index (χ1n) is 11.4. The Morgan fingerprint density at radius 3 is 2.21 bits per heavy atom. The minimum Gasteiger partial charge on any atom is -0.381 e. The number of aryl methyl sites for hydroxylation is 3. The van der Waals surface area contributed by atoms with E-state index in [9.17, 15) is 13.2 Å². The smallest absolute Gasteiger partial charge is 0.381 e. The number of pyridine rings is 2. The lowest BCUT2D eigenvalue weighted by Crippen LogP contribution is -2.18. The molecule has 3 aromatic rings. The molecule has 6 rings (SSSR count). The molecule has 1 saturated heterocycles. The fourth-order valence-corrected chi connectivity index (χ4v) is 4.99. The zero-order valence-electron chi connectivity index (χ0n) is 19.0. The average molecular weight is 457 g/mol. The van der Waals surface area contributed by atoms with Crippen LogP contribution >= 0.6 is 0 Å². The summed E-state index contributed by atoms with van der Waals surface area (Å²) in [5, 5.41) is 0. The zero-order chi connectivity index (χ0) is 23.4. The Hall–Kier alpha value is -2.61. The third kappa shape index (κ3) is 3.68. The van der Waals surface area contributed by atoms with Crippen LogP contribution in [0.2, 0.25) is 0 Å². The molecular weight excluding hydrogens is 429 g/mol. The minimum absolute atomic E-state index is 0.136. The second-order valence-electron chi connectivity index (χ2n) is 9.53. The second-order valence-corrected chi connectivity index (χ2v) is 9.53. The van der Waals surface area contributed by atoms with Crippen LogP contribution in [0.5, 0.6) is 0 Å². The first kappa shape index (κ1) is 22.2. The highest BCUT2D eigenvalue weighted by atomic mass is 19.4. The molecule has 0 bridgehead atoms. The summed E-state index contributed by atoms with van der Waals surface area (Å²) in [6, 6.07) is 7.78. The molecule has 2 saturated carbocycles. The largest absolute Gasteiger partial charge is 0.395 e. The Morgan fingerprint density at radius 2 is 1.67 bits per heavy atom. The number of rotatable bonds is 2. The quantitative estimate of drug-likeness (QED) is 0.508. The number of ether oxygens (including phenoxy) is 1. The van der Waals surface area contributed by atoms with Crippen molar-refractivity contribution in [2.45, 2.75) is 64.0 Å². The summed E-state index contributed by atoms with van der Waals surface area (Å²) in [7, 11) is 0. The van der Waals surface area contributed by atoms with Gasteiger partial charge in [0.05, 0.1) is 28.0 Å². The minimum atomic E-state index is -4.18. The van der Waals surface area contributed by atoms with Gasteiger partial charge in [0.2, 0.25) is 0 Å². The number of halogens is 3. The van der Waals surface area contributed by atoms with Crippen molar-refractivity contribution in [1.29, 1.82) is 0 Å². The van der Waals surface area contributed by atoms with Gasteiger partial charge in [0, 0.05) is 42.1 Å². The van der Waals surface area contributed by atoms with Crippen LogP contribution in [0, 0.1) is 26.2 Å². The number of alkyl halides is 3. The van der Waals surface area contributed by atoms with Crippen LogP contribution in [0.4, 0.5) is 13.2 Å². The molecule has 3 fully saturated rings. The van der Waals surface area contributed by atoms with E-state index in [-0.39, 0.29) is 18.8 Å². The van der Waals surface area contributed by atoms with E-state index in [2.05, 4.69) is 15.0 Å². The number of fused-ring (bicyclic) bond motifs is 2. The third-order valence-corrected chi connectivity index (χ3v) is 7.41. The lowest BCUT2D eigenvalue weighted by molar-refractivity contribution is -0.167. The Kier molecular flexibility index (Phi) is 5.19. The van der Waals surface area contributed by atoms with Crippen LogP contribution in [0.25, 0.3) is 11.0 Å². The molecule has 8 heteroatoms. The summed E-state index contributed by atoms with van der Waals surface area (Å²) in [5.74, 6) is 0.212. The summed E-state index contributed by atoms with van der Waals surface area (Å²) in [5.41, 5.74) is 2.75. The maximum Gasteiger partial charge on any atom is 0.395 e. The molecule has 4 heterocycles. The third-order valence-electron chi connectivity index (χ3n) is 7.41.